The van der Waals surface area contributed by atoms with Gasteiger partial charge in [-0.1, -0.05) is 12.1 Å². The van der Waals surface area contributed by atoms with Gasteiger partial charge in [0.05, 0.1) is 5.69 Å². The van der Waals surface area contributed by atoms with E-state index in [1.54, 1.807) is 12.1 Å². The summed E-state index contributed by atoms with van der Waals surface area (Å²) in [4.78, 5) is 16.6. The molecule has 0 saturated carbocycles. The van der Waals surface area contributed by atoms with Crippen molar-refractivity contribution >= 4 is 17.3 Å². The number of benzene rings is 2. The van der Waals surface area contributed by atoms with Crippen LogP contribution < -0.4 is 19.7 Å². The van der Waals surface area contributed by atoms with Crippen molar-refractivity contribution < 1.29 is 18.7 Å². The van der Waals surface area contributed by atoms with Crippen LogP contribution in [0.15, 0.2) is 42.5 Å². The van der Waals surface area contributed by atoms with E-state index in [1.807, 2.05) is 24.3 Å². The Kier molecular flexibility index (Phi) is 5.62. The second-order valence-corrected chi connectivity index (χ2v) is 6.94. The van der Waals surface area contributed by atoms with Gasteiger partial charge < -0.3 is 19.7 Å². The molecule has 4 rings (SSSR count). The van der Waals surface area contributed by atoms with Crippen LogP contribution in [0.3, 0.4) is 0 Å². The van der Waals surface area contributed by atoms with Crippen LogP contribution in [0, 0.1) is 5.82 Å². The molecule has 2 aliphatic rings. The molecule has 6 nitrogen and oxygen atoms in total. The zero-order valence-corrected chi connectivity index (χ0v) is 15.7. The maximum atomic E-state index is 13.9. The average molecular weight is 385 g/mol. The van der Waals surface area contributed by atoms with Gasteiger partial charge in [-0.05, 0) is 24.3 Å². The minimum atomic E-state index is -0.185. The number of amides is 1. The third kappa shape index (κ3) is 4.36. The first-order valence-electron chi connectivity index (χ1n) is 9.60. The number of nitrogens with one attached hydrogen (secondary N) is 1. The molecule has 1 saturated heterocycles. The van der Waals surface area contributed by atoms with E-state index < -0.39 is 0 Å². The van der Waals surface area contributed by atoms with Crippen LogP contribution in [-0.4, -0.2) is 56.7 Å². The summed E-state index contributed by atoms with van der Waals surface area (Å²) in [6, 6.07) is 12.3. The summed E-state index contributed by atoms with van der Waals surface area (Å²) in [5.41, 5.74) is 1.36. The van der Waals surface area contributed by atoms with Gasteiger partial charge >= 0.3 is 0 Å². The Balaban J connectivity index is 1.23. The molecule has 1 fully saturated rings. The standard InChI is InChI=1S/C21H24FN3O3/c22-17-3-1-2-4-18(17)25-11-9-24(10-12-25)8-7-21(26)23-16-5-6-19-20(15-16)28-14-13-27-19/h1-6,15H,7-14H2,(H,23,26). The molecule has 0 atom stereocenters. The van der Waals surface area contributed by atoms with E-state index in [-0.39, 0.29) is 11.7 Å². The Bertz CT molecular complexity index is 837. The smallest absolute Gasteiger partial charge is 0.225 e. The fourth-order valence-corrected chi connectivity index (χ4v) is 3.52. The van der Waals surface area contributed by atoms with Crippen LogP contribution in [0.1, 0.15) is 6.42 Å². The summed E-state index contributed by atoms with van der Waals surface area (Å²) in [5, 5.41) is 2.91. The topological polar surface area (TPSA) is 54.0 Å². The molecule has 2 aromatic rings. The van der Waals surface area contributed by atoms with Crippen LogP contribution in [0.25, 0.3) is 0 Å². The lowest BCUT2D eigenvalue weighted by atomic mass is 10.2. The maximum absolute atomic E-state index is 13.9. The van der Waals surface area contributed by atoms with Crippen molar-refractivity contribution in [2.24, 2.45) is 0 Å². The van der Waals surface area contributed by atoms with E-state index in [9.17, 15) is 9.18 Å². The number of carbonyl (C=O) groups excluding carboxylic acids is 1. The van der Waals surface area contributed by atoms with Gasteiger partial charge in [-0.2, -0.15) is 0 Å². The van der Waals surface area contributed by atoms with Crippen molar-refractivity contribution in [3.63, 3.8) is 0 Å². The minimum absolute atomic E-state index is 0.0341. The molecule has 1 amide bonds. The lowest BCUT2D eigenvalue weighted by Gasteiger charge is -2.36. The van der Waals surface area contributed by atoms with Gasteiger partial charge in [-0.15, -0.1) is 0 Å². The Morgan fingerprint density at radius 2 is 1.75 bits per heavy atom. The molecule has 7 heteroatoms. The van der Waals surface area contributed by atoms with Gasteiger partial charge in [-0.25, -0.2) is 4.39 Å². The van der Waals surface area contributed by atoms with Crippen molar-refractivity contribution in [2.45, 2.75) is 6.42 Å². The molecule has 0 spiro atoms. The van der Waals surface area contributed by atoms with E-state index in [0.29, 0.717) is 49.1 Å². The summed E-state index contributed by atoms with van der Waals surface area (Å²) in [7, 11) is 0. The molecule has 0 aliphatic carbocycles. The van der Waals surface area contributed by atoms with Crippen molar-refractivity contribution in [1.29, 1.82) is 0 Å². The van der Waals surface area contributed by atoms with E-state index in [2.05, 4.69) is 15.1 Å². The van der Waals surface area contributed by atoms with Crippen LogP contribution in [0.2, 0.25) is 0 Å². The van der Waals surface area contributed by atoms with Crippen LogP contribution in [-0.2, 0) is 4.79 Å². The molecule has 2 heterocycles. The normalized spacial score (nSPS) is 16.7. The van der Waals surface area contributed by atoms with E-state index in [0.717, 1.165) is 26.2 Å². The summed E-state index contributed by atoms with van der Waals surface area (Å²) in [5.74, 6) is 1.15. The monoisotopic (exact) mass is 385 g/mol. The highest BCUT2D eigenvalue weighted by Crippen LogP contribution is 2.32. The molecule has 0 radical (unpaired) electrons. The molecule has 2 aliphatic heterocycles. The predicted molar refractivity (Wildman–Crippen MR) is 106 cm³/mol. The zero-order valence-electron chi connectivity index (χ0n) is 15.7. The Morgan fingerprint density at radius 3 is 2.54 bits per heavy atom. The van der Waals surface area contributed by atoms with Crippen LogP contribution in [0.4, 0.5) is 15.8 Å². The van der Waals surface area contributed by atoms with Gasteiger partial charge in [0, 0.05) is 50.9 Å². The second kappa shape index (κ2) is 8.48. The lowest BCUT2D eigenvalue weighted by molar-refractivity contribution is -0.116. The van der Waals surface area contributed by atoms with E-state index in [1.165, 1.54) is 6.07 Å². The van der Waals surface area contributed by atoms with Gasteiger partial charge in [0.15, 0.2) is 11.5 Å². The fraction of sp³-hybridized carbons (Fsp3) is 0.381. The summed E-state index contributed by atoms with van der Waals surface area (Å²) < 4.78 is 24.9. The summed E-state index contributed by atoms with van der Waals surface area (Å²) >= 11 is 0. The van der Waals surface area contributed by atoms with Crippen LogP contribution >= 0.6 is 0 Å². The number of hydrogen-bond donors (Lipinski definition) is 1. The molecule has 0 unspecified atom stereocenters. The number of carbonyl (C=O) groups is 1. The number of halogens is 1. The van der Waals surface area contributed by atoms with Gasteiger partial charge in [0.2, 0.25) is 5.91 Å². The molecule has 148 valence electrons. The van der Waals surface area contributed by atoms with Gasteiger partial charge in [0.1, 0.15) is 19.0 Å². The van der Waals surface area contributed by atoms with Gasteiger partial charge in [-0.3, -0.25) is 9.69 Å². The highest BCUT2D eigenvalue weighted by molar-refractivity contribution is 5.91. The average Bonchev–Trinajstić information content (AvgIpc) is 2.73. The SMILES string of the molecule is O=C(CCN1CCN(c2ccccc2F)CC1)Nc1ccc2c(c1)OCCO2. The molecule has 0 aromatic heterocycles. The highest BCUT2D eigenvalue weighted by atomic mass is 19.1. The van der Waals surface area contributed by atoms with Crippen molar-refractivity contribution in [3.8, 4) is 11.5 Å². The summed E-state index contributed by atoms with van der Waals surface area (Å²) in [6.45, 7) is 4.88. The lowest BCUT2D eigenvalue weighted by Crippen LogP contribution is -2.47. The number of rotatable bonds is 5. The number of nitrogens with zero attached hydrogens (tertiary/aromatic N) is 2. The third-order valence-corrected chi connectivity index (χ3v) is 5.05. The molecule has 1 N–H and O–H groups in total. The molecule has 0 bridgehead atoms. The minimum Gasteiger partial charge on any atom is -0.486 e. The first-order valence-corrected chi connectivity index (χ1v) is 9.60. The predicted octanol–water partition coefficient (Wildman–Crippen LogP) is 2.75. The highest BCUT2D eigenvalue weighted by Gasteiger charge is 2.20. The van der Waals surface area contributed by atoms with E-state index in [4.69, 9.17) is 9.47 Å². The first kappa shape index (κ1) is 18.6. The van der Waals surface area contributed by atoms with E-state index >= 15 is 0 Å². The van der Waals surface area contributed by atoms with Crippen molar-refractivity contribution in [3.05, 3.63) is 48.3 Å². The number of ether oxygens (including phenoxy) is 2. The number of hydrogen-bond acceptors (Lipinski definition) is 5. The second-order valence-electron chi connectivity index (χ2n) is 6.94. The number of fused-ring (bicyclic) bond motifs is 1. The fourth-order valence-electron chi connectivity index (χ4n) is 3.52. The molecular weight excluding hydrogens is 361 g/mol. The number of para-hydroxylation sites is 1. The Morgan fingerprint density at radius 1 is 1.00 bits per heavy atom. The molecule has 2 aromatic carbocycles. The zero-order chi connectivity index (χ0) is 19.3. The molecule has 28 heavy (non-hydrogen) atoms. The quantitative estimate of drug-likeness (QED) is 0.858. The van der Waals surface area contributed by atoms with Crippen molar-refractivity contribution in [1.82, 2.24) is 4.90 Å². The first-order chi connectivity index (χ1) is 13.7. The largest absolute Gasteiger partial charge is 0.486 e. The third-order valence-electron chi connectivity index (χ3n) is 5.05. The van der Waals surface area contributed by atoms with Crippen molar-refractivity contribution in [2.75, 3.05) is 56.2 Å². The Hall–Kier alpha value is -2.80. The summed E-state index contributed by atoms with van der Waals surface area (Å²) in [6.07, 6.45) is 0.411. The number of piperazine rings is 1. The van der Waals surface area contributed by atoms with Gasteiger partial charge in [0.25, 0.3) is 0 Å². The maximum Gasteiger partial charge on any atom is 0.225 e. The number of anilines is 2. The van der Waals surface area contributed by atoms with Crippen LogP contribution in [0.5, 0.6) is 11.5 Å². The Labute approximate surface area is 163 Å². The molecular formula is C21H24FN3O3.